The lowest BCUT2D eigenvalue weighted by Crippen LogP contribution is -2.46. The van der Waals surface area contributed by atoms with Crippen LogP contribution in [0.15, 0.2) is 0 Å². The maximum atomic E-state index is 11.4. The molecule has 0 bridgehead atoms. The van der Waals surface area contributed by atoms with E-state index in [1.807, 2.05) is 4.90 Å². The van der Waals surface area contributed by atoms with E-state index in [4.69, 9.17) is 6.42 Å². The second-order valence-electron chi connectivity index (χ2n) is 4.14. The highest BCUT2D eigenvalue weighted by Gasteiger charge is 2.30. The molecule has 0 unspecified atom stereocenters. The zero-order chi connectivity index (χ0) is 10.7. The summed E-state index contributed by atoms with van der Waals surface area (Å²) in [7, 11) is 0. The average Bonchev–Trinajstić information content (AvgIpc) is 2.66. The second-order valence-corrected chi connectivity index (χ2v) is 4.14. The first kappa shape index (κ1) is 10.3. The minimum absolute atomic E-state index is 0.102. The summed E-state index contributed by atoms with van der Waals surface area (Å²) in [6, 6.07) is 0.520. The van der Waals surface area contributed by atoms with Gasteiger partial charge in [-0.2, -0.15) is 0 Å². The number of hydrogen-bond acceptors (Lipinski definition) is 2. The Labute approximate surface area is 90.6 Å². The first-order valence-corrected chi connectivity index (χ1v) is 5.51. The van der Waals surface area contributed by atoms with Gasteiger partial charge in [-0.05, 0) is 12.8 Å². The minimum Gasteiger partial charge on any atom is -0.336 e. The number of urea groups is 1. The van der Waals surface area contributed by atoms with Crippen LogP contribution in [-0.4, -0.2) is 54.6 Å². The van der Waals surface area contributed by atoms with Crippen LogP contribution in [0.5, 0.6) is 0 Å². The molecule has 4 nitrogen and oxygen atoms in total. The fourth-order valence-corrected chi connectivity index (χ4v) is 2.35. The summed E-state index contributed by atoms with van der Waals surface area (Å²) >= 11 is 0. The van der Waals surface area contributed by atoms with Crippen LogP contribution in [0.4, 0.5) is 4.79 Å². The number of nitrogens with one attached hydrogen (secondary N) is 1. The van der Waals surface area contributed by atoms with Gasteiger partial charge in [-0.1, -0.05) is 5.92 Å². The highest BCUT2D eigenvalue weighted by Crippen LogP contribution is 2.17. The number of carbonyl (C=O) groups excluding carboxylic acids is 1. The summed E-state index contributed by atoms with van der Waals surface area (Å²) in [5.74, 6) is 2.66. The Balaban J connectivity index is 1.83. The van der Waals surface area contributed by atoms with E-state index < -0.39 is 0 Å². The van der Waals surface area contributed by atoms with Crippen molar-refractivity contribution < 1.29 is 4.79 Å². The summed E-state index contributed by atoms with van der Waals surface area (Å²) in [5, 5.41) is 2.84. The summed E-state index contributed by atoms with van der Waals surface area (Å²) < 4.78 is 0. The fourth-order valence-electron chi connectivity index (χ4n) is 2.35. The van der Waals surface area contributed by atoms with Crippen LogP contribution < -0.4 is 5.32 Å². The smallest absolute Gasteiger partial charge is 0.317 e. The van der Waals surface area contributed by atoms with E-state index in [1.54, 1.807) is 0 Å². The number of likely N-dealkylation sites (tertiary alicyclic amines) is 1. The molecule has 2 aliphatic heterocycles. The van der Waals surface area contributed by atoms with Crippen LogP contribution in [0, 0.1) is 12.3 Å². The summed E-state index contributed by atoms with van der Waals surface area (Å²) in [6.45, 7) is 4.41. The maximum Gasteiger partial charge on any atom is 0.317 e. The number of carbonyl (C=O) groups is 1. The van der Waals surface area contributed by atoms with Gasteiger partial charge in [0, 0.05) is 32.2 Å². The summed E-state index contributed by atoms with van der Waals surface area (Å²) in [4.78, 5) is 15.7. The third kappa shape index (κ3) is 2.24. The van der Waals surface area contributed by atoms with Crippen molar-refractivity contribution in [3.05, 3.63) is 0 Å². The predicted octanol–water partition coefficient (Wildman–Crippen LogP) is 0.109. The number of hydrogen-bond donors (Lipinski definition) is 1. The quantitative estimate of drug-likeness (QED) is 0.652. The van der Waals surface area contributed by atoms with E-state index in [9.17, 15) is 4.79 Å². The molecule has 2 rings (SSSR count). The highest BCUT2D eigenvalue weighted by atomic mass is 16.2. The van der Waals surface area contributed by atoms with Crippen LogP contribution in [0.2, 0.25) is 0 Å². The Morgan fingerprint density at radius 1 is 1.40 bits per heavy atom. The fraction of sp³-hybridized carbons (Fsp3) is 0.727. The molecule has 82 valence electrons. The molecule has 2 amide bonds. The number of terminal acetylenes is 1. The Hall–Kier alpha value is -1.21. The molecule has 2 fully saturated rings. The maximum absolute atomic E-state index is 11.4. The minimum atomic E-state index is 0.102. The second kappa shape index (κ2) is 4.54. The number of amides is 2. The summed E-state index contributed by atoms with van der Waals surface area (Å²) in [6.07, 6.45) is 7.37. The predicted molar refractivity (Wildman–Crippen MR) is 58.4 cm³/mol. The van der Waals surface area contributed by atoms with Crippen LogP contribution in [0.3, 0.4) is 0 Å². The van der Waals surface area contributed by atoms with Gasteiger partial charge in [-0.3, -0.25) is 4.90 Å². The zero-order valence-electron chi connectivity index (χ0n) is 8.91. The largest absolute Gasteiger partial charge is 0.336 e. The highest BCUT2D eigenvalue weighted by molar-refractivity contribution is 5.76. The molecular weight excluding hydrogens is 190 g/mol. The molecule has 0 aliphatic carbocycles. The van der Waals surface area contributed by atoms with Gasteiger partial charge in [0.15, 0.2) is 0 Å². The first-order valence-electron chi connectivity index (χ1n) is 5.51. The van der Waals surface area contributed by atoms with Crippen molar-refractivity contribution in [1.29, 1.82) is 0 Å². The van der Waals surface area contributed by atoms with Gasteiger partial charge in [-0.15, -0.1) is 6.42 Å². The van der Waals surface area contributed by atoms with Gasteiger partial charge < -0.3 is 10.2 Å². The van der Waals surface area contributed by atoms with Crippen molar-refractivity contribution in [2.45, 2.75) is 18.9 Å². The molecule has 0 radical (unpaired) electrons. The summed E-state index contributed by atoms with van der Waals surface area (Å²) in [5.41, 5.74) is 0. The normalized spacial score (nSPS) is 23.9. The molecule has 2 heterocycles. The molecule has 0 saturated carbocycles. The SMILES string of the molecule is C#CCN1CCC(N2CCNC2=O)CC1. The lowest BCUT2D eigenvalue weighted by atomic mass is 10.0. The average molecular weight is 207 g/mol. The molecule has 1 N–H and O–H groups in total. The zero-order valence-corrected chi connectivity index (χ0v) is 8.91. The van der Waals surface area contributed by atoms with Crippen molar-refractivity contribution in [1.82, 2.24) is 15.1 Å². The number of nitrogens with zero attached hydrogens (tertiary/aromatic N) is 2. The van der Waals surface area contributed by atoms with Gasteiger partial charge in [-0.25, -0.2) is 4.79 Å². The number of rotatable bonds is 2. The van der Waals surface area contributed by atoms with E-state index in [1.165, 1.54) is 0 Å². The van der Waals surface area contributed by atoms with Crippen molar-refractivity contribution in [2.75, 3.05) is 32.7 Å². The Morgan fingerprint density at radius 2 is 2.13 bits per heavy atom. The standard InChI is InChI=1S/C11H17N3O/c1-2-6-13-7-3-10(4-8-13)14-9-5-12-11(14)15/h1,10H,3-9H2,(H,12,15). The van der Waals surface area contributed by atoms with Gasteiger partial charge in [0.05, 0.1) is 6.54 Å². The van der Waals surface area contributed by atoms with E-state index in [0.717, 1.165) is 45.6 Å². The molecule has 0 aromatic carbocycles. The van der Waals surface area contributed by atoms with E-state index >= 15 is 0 Å². The molecule has 0 spiro atoms. The molecule has 0 aromatic rings. The molecule has 0 aromatic heterocycles. The first-order chi connectivity index (χ1) is 7.31. The van der Waals surface area contributed by atoms with Gasteiger partial charge in [0.25, 0.3) is 0 Å². The molecule has 2 saturated heterocycles. The van der Waals surface area contributed by atoms with E-state index in [0.29, 0.717) is 6.04 Å². The molecular formula is C11H17N3O. The third-order valence-corrected chi connectivity index (χ3v) is 3.20. The lowest BCUT2D eigenvalue weighted by Gasteiger charge is -2.35. The van der Waals surface area contributed by atoms with Gasteiger partial charge in [0.2, 0.25) is 0 Å². The van der Waals surface area contributed by atoms with Crippen LogP contribution >= 0.6 is 0 Å². The molecule has 4 heteroatoms. The van der Waals surface area contributed by atoms with Crippen molar-refractivity contribution in [3.8, 4) is 12.3 Å². The molecule has 0 atom stereocenters. The Morgan fingerprint density at radius 3 is 2.67 bits per heavy atom. The van der Waals surface area contributed by atoms with E-state index in [-0.39, 0.29) is 6.03 Å². The lowest BCUT2D eigenvalue weighted by molar-refractivity contribution is 0.144. The van der Waals surface area contributed by atoms with Crippen molar-refractivity contribution in [2.24, 2.45) is 0 Å². The van der Waals surface area contributed by atoms with Crippen molar-refractivity contribution >= 4 is 6.03 Å². The van der Waals surface area contributed by atoms with E-state index in [2.05, 4.69) is 16.1 Å². The van der Waals surface area contributed by atoms with Crippen LogP contribution in [0.1, 0.15) is 12.8 Å². The topological polar surface area (TPSA) is 35.6 Å². The molecule has 2 aliphatic rings. The Kier molecular flexibility index (Phi) is 3.12. The Bertz CT molecular complexity index is 276. The van der Waals surface area contributed by atoms with Crippen LogP contribution in [0.25, 0.3) is 0 Å². The van der Waals surface area contributed by atoms with Gasteiger partial charge in [0.1, 0.15) is 0 Å². The van der Waals surface area contributed by atoms with Crippen LogP contribution in [-0.2, 0) is 0 Å². The monoisotopic (exact) mass is 207 g/mol. The van der Waals surface area contributed by atoms with Crippen molar-refractivity contribution in [3.63, 3.8) is 0 Å². The van der Waals surface area contributed by atoms with Gasteiger partial charge >= 0.3 is 6.03 Å². The third-order valence-electron chi connectivity index (χ3n) is 3.20. The molecule has 15 heavy (non-hydrogen) atoms. The number of piperidine rings is 1.